The van der Waals surface area contributed by atoms with Crippen molar-refractivity contribution in [3.8, 4) is 0 Å². The topological polar surface area (TPSA) is 114 Å². The number of rotatable bonds is 18. The molecule has 0 radical (unpaired) electrons. The molecule has 2 aromatic heterocycles. The summed E-state index contributed by atoms with van der Waals surface area (Å²) >= 11 is 0. The lowest BCUT2D eigenvalue weighted by molar-refractivity contribution is -0.0776. The second kappa shape index (κ2) is 15.8. The summed E-state index contributed by atoms with van der Waals surface area (Å²) in [5.74, 6) is -0.899. The average molecular weight is 707 g/mol. The fraction of sp³-hybridized carbons (Fsp3) is 0.591. The second-order valence-corrected chi connectivity index (χ2v) is 16.1. The first-order valence-electron chi connectivity index (χ1n) is 20.7. The van der Waals surface area contributed by atoms with Crippen LogP contribution in [-0.4, -0.2) is 43.7 Å². The van der Waals surface area contributed by atoms with Crippen LogP contribution in [0.1, 0.15) is 153 Å². The summed E-state index contributed by atoms with van der Waals surface area (Å²) in [6.07, 6.45) is 20.8. The molecule has 280 valence electrons. The highest BCUT2D eigenvalue weighted by molar-refractivity contribution is 6.06. The molecular formula is C44H62N6O2. The molecule has 4 heterocycles. The van der Waals surface area contributed by atoms with Crippen molar-refractivity contribution in [1.29, 1.82) is 0 Å². The number of hydrogen-bond acceptors (Lipinski definition) is 8. The van der Waals surface area contributed by atoms with Crippen molar-refractivity contribution < 1.29 is 10.2 Å². The van der Waals surface area contributed by atoms with Gasteiger partial charge in [-0.1, -0.05) is 91.2 Å². The minimum absolute atomic E-state index is 0.191. The Morgan fingerprint density at radius 3 is 1.13 bits per heavy atom. The monoisotopic (exact) mass is 706 g/mol. The first kappa shape index (κ1) is 36.7. The van der Waals surface area contributed by atoms with Gasteiger partial charge in [0.2, 0.25) is 0 Å². The molecule has 8 heteroatoms. The Bertz CT molecular complexity index is 1650. The van der Waals surface area contributed by atoms with Crippen molar-refractivity contribution in [1.82, 2.24) is 9.97 Å². The number of hydrogen-bond donors (Lipinski definition) is 6. The van der Waals surface area contributed by atoms with Crippen molar-refractivity contribution in [2.24, 2.45) is 0 Å². The lowest BCUT2D eigenvalue weighted by Gasteiger charge is -2.48. The molecule has 0 saturated heterocycles. The molecule has 2 aromatic carbocycles. The molecule has 8 nitrogen and oxygen atoms in total. The molecule has 0 spiro atoms. The zero-order valence-electron chi connectivity index (χ0n) is 32.0. The molecule has 0 amide bonds. The van der Waals surface area contributed by atoms with Gasteiger partial charge in [0.15, 0.2) is 0 Å². The molecule has 52 heavy (non-hydrogen) atoms. The molecule has 2 aliphatic heterocycles. The largest absolute Gasteiger partial charge is 0.392 e. The molecule has 1 saturated carbocycles. The van der Waals surface area contributed by atoms with E-state index in [0.717, 1.165) is 81.4 Å². The lowest BCUT2D eigenvalue weighted by atomic mass is 9.62. The van der Waals surface area contributed by atoms with Crippen LogP contribution in [0.2, 0.25) is 0 Å². The van der Waals surface area contributed by atoms with E-state index in [4.69, 9.17) is 9.97 Å². The SMILES string of the molecule is CCCCCC1(CCCCC)Nc2ccnc3c(C4C(O)C(c5ccc6c7c(ccnc57)NC(CCCCC)(CCCCC)N6)C4O)ccc(c23)N1. The van der Waals surface area contributed by atoms with E-state index in [-0.39, 0.29) is 11.3 Å². The molecule has 1 fully saturated rings. The molecule has 0 atom stereocenters. The van der Waals surface area contributed by atoms with Crippen molar-refractivity contribution >= 4 is 44.6 Å². The van der Waals surface area contributed by atoms with Crippen LogP contribution in [0.15, 0.2) is 48.8 Å². The van der Waals surface area contributed by atoms with Crippen molar-refractivity contribution in [3.63, 3.8) is 0 Å². The van der Waals surface area contributed by atoms with Crippen LogP contribution in [0.3, 0.4) is 0 Å². The molecule has 6 N–H and O–H groups in total. The predicted molar refractivity (Wildman–Crippen MR) is 218 cm³/mol. The number of anilines is 4. The van der Waals surface area contributed by atoms with Crippen LogP contribution >= 0.6 is 0 Å². The number of unbranched alkanes of at least 4 members (excludes halogenated alkanes) is 8. The van der Waals surface area contributed by atoms with Gasteiger partial charge < -0.3 is 31.5 Å². The van der Waals surface area contributed by atoms with E-state index in [1.54, 1.807) is 0 Å². The smallest absolute Gasteiger partial charge is 0.108 e. The minimum atomic E-state index is -0.772. The summed E-state index contributed by atoms with van der Waals surface area (Å²) in [6.45, 7) is 9.03. The van der Waals surface area contributed by atoms with E-state index in [0.29, 0.717) is 0 Å². The van der Waals surface area contributed by atoms with Gasteiger partial charge in [-0.3, -0.25) is 9.97 Å². The van der Waals surface area contributed by atoms with Gasteiger partial charge >= 0.3 is 0 Å². The standard InChI is InChI=1S/C44H62N6O2/c1-5-9-13-23-43(24-14-10-6-2)47-31-19-17-29(39-37(31)33(49-43)21-27-45-39)35-41(51)36(42(35)52)30-18-20-32-38-34(22-28-46-40(30)38)50-44(48-32,25-15-11-7-3)26-16-12-8-4/h17-22,27-28,35-36,41-42,47-52H,5-16,23-26H2,1-4H3. The molecule has 7 rings (SSSR count). The van der Waals surface area contributed by atoms with Crippen LogP contribution in [-0.2, 0) is 0 Å². The third-order valence-electron chi connectivity index (χ3n) is 12.4. The molecular weight excluding hydrogens is 645 g/mol. The normalized spacial score (nSPS) is 22.3. The first-order chi connectivity index (χ1) is 25.4. The van der Waals surface area contributed by atoms with Crippen LogP contribution in [0, 0.1) is 0 Å². The second-order valence-electron chi connectivity index (χ2n) is 16.1. The van der Waals surface area contributed by atoms with E-state index in [1.807, 2.05) is 12.4 Å². The van der Waals surface area contributed by atoms with E-state index in [1.165, 1.54) is 77.0 Å². The maximum Gasteiger partial charge on any atom is 0.108 e. The van der Waals surface area contributed by atoms with Gasteiger partial charge in [0, 0.05) is 57.8 Å². The molecule has 0 bridgehead atoms. The highest BCUT2D eigenvalue weighted by Crippen LogP contribution is 2.53. The number of aliphatic hydroxyl groups excluding tert-OH is 2. The summed E-state index contributed by atoms with van der Waals surface area (Å²) < 4.78 is 0. The fourth-order valence-electron chi connectivity index (χ4n) is 9.52. The lowest BCUT2D eigenvalue weighted by Crippen LogP contribution is -2.52. The first-order valence-corrected chi connectivity index (χ1v) is 20.7. The highest BCUT2D eigenvalue weighted by atomic mass is 16.3. The summed E-state index contributed by atoms with van der Waals surface area (Å²) in [7, 11) is 0. The highest BCUT2D eigenvalue weighted by Gasteiger charge is 2.52. The number of nitrogens with one attached hydrogen (secondary N) is 4. The van der Waals surface area contributed by atoms with Gasteiger partial charge in [-0.05, 0) is 86.8 Å². The fourth-order valence-corrected chi connectivity index (χ4v) is 9.52. The van der Waals surface area contributed by atoms with E-state index in [2.05, 4.69) is 85.4 Å². The van der Waals surface area contributed by atoms with Gasteiger partial charge in [0.1, 0.15) is 11.3 Å². The van der Waals surface area contributed by atoms with Crippen molar-refractivity contribution in [3.05, 3.63) is 59.9 Å². The van der Waals surface area contributed by atoms with Crippen LogP contribution in [0.5, 0.6) is 0 Å². The Morgan fingerprint density at radius 1 is 0.481 bits per heavy atom. The number of aromatic nitrogens is 2. The minimum Gasteiger partial charge on any atom is -0.392 e. The summed E-state index contributed by atoms with van der Waals surface area (Å²) in [4.78, 5) is 9.76. The number of benzene rings is 2. The Morgan fingerprint density at radius 2 is 0.808 bits per heavy atom. The van der Waals surface area contributed by atoms with E-state index < -0.39 is 24.0 Å². The Kier molecular flexibility index (Phi) is 11.1. The van der Waals surface area contributed by atoms with Crippen molar-refractivity contribution in [2.75, 3.05) is 21.3 Å². The predicted octanol–water partition coefficient (Wildman–Crippen LogP) is 10.8. The van der Waals surface area contributed by atoms with Crippen LogP contribution in [0.4, 0.5) is 22.7 Å². The maximum absolute atomic E-state index is 12.0. The maximum atomic E-state index is 12.0. The van der Waals surface area contributed by atoms with Crippen LogP contribution in [0.25, 0.3) is 21.8 Å². The molecule has 3 aliphatic rings. The van der Waals surface area contributed by atoms with Gasteiger partial charge in [0.25, 0.3) is 0 Å². The third-order valence-corrected chi connectivity index (χ3v) is 12.4. The zero-order valence-corrected chi connectivity index (χ0v) is 32.0. The van der Waals surface area contributed by atoms with E-state index >= 15 is 0 Å². The van der Waals surface area contributed by atoms with Crippen LogP contribution < -0.4 is 21.3 Å². The Labute approximate surface area is 311 Å². The van der Waals surface area contributed by atoms with Gasteiger partial charge in [0.05, 0.1) is 23.2 Å². The Hall–Kier alpha value is -3.62. The van der Waals surface area contributed by atoms with Gasteiger partial charge in [-0.2, -0.15) is 0 Å². The van der Waals surface area contributed by atoms with Gasteiger partial charge in [-0.15, -0.1) is 0 Å². The number of aliphatic hydroxyl groups is 2. The average Bonchev–Trinajstić information content (AvgIpc) is 3.14. The quantitative estimate of drug-likeness (QED) is 0.0567. The molecule has 0 unspecified atom stereocenters. The number of nitrogens with zero attached hydrogens (tertiary/aromatic N) is 2. The number of pyridine rings is 2. The Balaban J connectivity index is 1.16. The molecule has 1 aliphatic carbocycles. The summed E-state index contributed by atoms with van der Waals surface area (Å²) in [5, 5.41) is 41.7. The summed E-state index contributed by atoms with van der Waals surface area (Å²) in [6, 6.07) is 12.7. The van der Waals surface area contributed by atoms with E-state index in [9.17, 15) is 10.2 Å². The van der Waals surface area contributed by atoms with Gasteiger partial charge in [-0.25, -0.2) is 0 Å². The molecule has 4 aromatic rings. The summed E-state index contributed by atoms with van der Waals surface area (Å²) in [5.41, 5.74) is 7.44. The zero-order chi connectivity index (χ0) is 36.3. The third kappa shape index (κ3) is 6.82. The van der Waals surface area contributed by atoms with Crippen molar-refractivity contribution in [2.45, 2.75) is 166 Å².